The minimum atomic E-state index is -1.36. The molecule has 0 aliphatic carbocycles. The molecular formula is C28H42N6O6. The Bertz CT molecular complexity index is 1200. The smallest absolute Gasteiger partial charge is 0.326 e. The summed E-state index contributed by atoms with van der Waals surface area (Å²) in [6.45, 7) is 7.33. The van der Waals surface area contributed by atoms with E-state index < -0.39 is 53.8 Å². The highest BCUT2D eigenvalue weighted by atomic mass is 16.4. The summed E-state index contributed by atoms with van der Waals surface area (Å²) in [7, 11) is 0. The number of hydrogen-bond acceptors (Lipinski definition) is 6. The van der Waals surface area contributed by atoms with Crippen LogP contribution < -0.4 is 27.4 Å². The van der Waals surface area contributed by atoms with E-state index in [1.54, 1.807) is 13.1 Å². The number of fused-ring (bicyclic) bond motifs is 1. The number of aromatic amines is 1. The van der Waals surface area contributed by atoms with E-state index >= 15 is 0 Å². The lowest BCUT2D eigenvalue weighted by Gasteiger charge is -2.28. The second kappa shape index (κ2) is 15.0. The molecule has 0 bridgehead atoms. The van der Waals surface area contributed by atoms with E-state index in [2.05, 4.69) is 20.9 Å². The molecule has 9 N–H and O–H groups in total. The number of aliphatic carboxylic acids is 1. The van der Waals surface area contributed by atoms with E-state index in [4.69, 9.17) is 11.5 Å². The maximum Gasteiger partial charge on any atom is 0.326 e. The minimum Gasteiger partial charge on any atom is -0.480 e. The summed E-state index contributed by atoms with van der Waals surface area (Å²) in [5.74, 6) is -4.33. The van der Waals surface area contributed by atoms with Crippen LogP contribution in [0.15, 0.2) is 30.5 Å². The number of rotatable bonds is 16. The summed E-state index contributed by atoms with van der Waals surface area (Å²) in [5, 5.41) is 18.3. The number of primary amides is 1. The van der Waals surface area contributed by atoms with Gasteiger partial charge in [0.05, 0.1) is 6.04 Å². The summed E-state index contributed by atoms with van der Waals surface area (Å²) in [6.07, 6.45) is 2.64. The van der Waals surface area contributed by atoms with Gasteiger partial charge in [0, 0.05) is 29.9 Å². The van der Waals surface area contributed by atoms with Crippen LogP contribution in [-0.4, -0.2) is 63.9 Å². The Balaban J connectivity index is 2.32. The van der Waals surface area contributed by atoms with Crippen molar-refractivity contribution in [3.05, 3.63) is 36.0 Å². The molecule has 6 atom stereocenters. The normalized spacial score (nSPS) is 15.7. The van der Waals surface area contributed by atoms with Gasteiger partial charge in [-0.15, -0.1) is 0 Å². The average molecular weight is 559 g/mol. The van der Waals surface area contributed by atoms with Crippen LogP contribution in [0.3, 0.4) is 0 Å². The van der Waals surface area contributed by atoms with Crippen molar-refractivity contribution in [2.45, 2.75) is 84.0 Å². The maximum absolute atomic E-state index is 13.6. The van der Waals surface area contributed by atoms with Crippen molar-refractivity contribution in [1.82, 2.24) is 20.9 Å². The Labute approximate surface area is 234 Å². The SMILES string of the molecule is CCC(C)C(N)C(=O)NC(Cc1c[nH]c2ccccc12)C(=O)NC(C(=O)NC(CCC(N)=O)C(=O)O)C(C)CC. The fraction of sp³-hybridized carbons (Fsp3) is 0.536. The summed E-state index contributed by atoms with van der Waals surface area (Å²) in [4.78, 5) is 65.8. The topological polar surface area (TPSA) is 209 Å². The first kappa shape index (κ1) is 32.3. The first-order valence-electron chi connectivity index (χ1n) is 13.6. The molecule has 12 nitrogen and oxygen atoms in total. The molecule has 0 aliphatic heterocycles. The fourth-order valence-electron chi connectivity index (χ4n) is 4.27. The molecule has 0 spiro atoms. The number of para-hydroxylation sites is 1. The van der Waals surface area contributed by atoms with Crippen LogP contribution >= 0.6 is 0 Å². The summed E-state index contributed by atoms with van der Waals surface area (Å²) >= 11 is 0. The third-order valence-electron chi connectivity index (χ3n) is 7.38. The van der Waals surface area contributed by atoms with Gasteiger partial charge in [-0.25, -0.2) is 4.79 Å². The van der Waals surface area contributed by atoms with E-state index in [1.165, 1.54) is 0 Å². The number of amides is 4. The van der Waals surface area contributed by atoms with Crippen molar-refractivity contribution in [3.63, 3.8) is 0 Å². The Kier molecular flexibility index (Phi) is 12.1. The highest BCUT2D eigenvalue weighted by Crippen LogP contribution is 2.20. The lowest BCUT2D eigenvalue weighted by atomic mass is 9.96. The molecule has 40 heavy (non-hydrogen) atoms. The van der Waals surface area contributed by atoms with Gasteiger partial charge in [-0.1, -0.05) is 58.7 Å². The van der Waals surface area contributed by atoms with Crippen molar-refractivity contribution in [2.24, 2.45) is 23.3 Å². The van der Waals surface area contributed by atoms with Crippen LogP contribution in [0.25, 0.3) is 10.9 Å². The van der Waals surface area contributed by atoms with Crippen molar-refractivity contribution >= 4 is 40.5 Å². The predicted octanol–water partition coefficient (Wildman–Crippen LogP) is 0.934. The molecule has 1 heterocycles. The van der Waals surface area contributed by atoms with Gasteiger partial charge in [0.15, 0.2) is 0 Å². The van der Waals surface area contributed by atoms with E-state index in [1.807, 2.05) is 45.0 Å². The van der Waals surface area contributed by atoms with Crippen LogP contribution in [0, 0.1) is 11.8 Å². The molecule has 1 aromatic carbocycles. The quantitative estimate of drug-likeness (QED) is 0.158. The Hall–Kier alpha value is -3.93. The largest absolute Gasteiger partial charge is 0.480 e. The van der Waals surface area contributed by atoms with Crippen molar-refractivity contribution < 1.29 is 29.1 Å². The van der Waals surface area contributed by atoms with Crippen LogP contribution in [0.2, 0.25) is 0 Å². The number of nitrogens with one attached hydrogen (secondary N) is 4. The number of benzene rings is 1. The van der Waals surface area contributed by atoms with Gasteiger partial charge in [0.2, 0.25) is 23.6 Å². The average Bonchev–Trinajstić information content (AvgIpc) is 3.34. The third-order valence-corrected chi connectivity index (χ3v) is 7.38. The number of hydrogen-bond donors (Lipinski definition) is 7. The number of carboxylic acids is 1. The van der Waals surface area contributed by atoms with Gasteiger partial charge >= 0.3 is 5.97 Å². The Morgan fingerprint density at radius 1 is 0.900 bits per heavy atom. The third kappa shape index (κ3) is 8.80. The van der Waals surface area contributed by atoms with Gasteiger partial charge in [0.1, 0.15) is 18.1 Å². The molecule has 12 heteroatoms. The molecule has 4 amide bonds. The number of carboxylic acid groups (broad SMARTS) is 1. The molecule has 0 saturated carbocycles. The molecule has 0 aliphatic rings. The number of carbonyl (C=O) groups excluding carboxylic acids is 4. The van der Waals surface area contributed by atoms with Gasteiger partial charge in [-0.3, -0.25) is 19.2 Å². The highest BCUT2D eigenvalue weighted by molar-refractivity contribution is 5.95. The van der Waals surface area contributed by atoms with Crippen molar-refractivity contribution in [2.75, 3.05) is 0 Å². The molecule has 2 aromatic rings. The minimum absolute atomic E-state index is 0.121. The van der Waals surface area contributed by atoms with Crippen LogP contribution in [0.5, 0.6) is 0 Å². The molecule has 0 saturated heterocycles. The summed E-state index contributed by atoms with van der Waals surface area (Å²) < 4.78 is 0. The van der Waals surface area contributed by atoms with Crippen LogP contribution in [0.4, 0.5) is 0 Å². The van der Waals surface area contributed by atoms with E-state index in [0.29, 0.717) is 12.8 Å². The van der Waals surface area contributed by atoms with Gasteiger partial charge in [0.25, 0.3) is 0 Å². The van der Waals surface area contributed by atoms with E-state index in [9.17, 15) is 29.1 Å². The molecule has 0 radical (unpaired) electrons. The number of carbonyl (C=O) groups is 5. The van der Waals surface area contributed by atoms with Gasteiger partial charge < -0.3 is 37.5 Å². The fourth-order valence-corrected chi connectivity index (χ4v) is 4.27. The number of aromatic nitrogens is 1. The first-order valence-corrected chi connectivity index (χ1v) is 13.6. The maximum atomic E-state index is 13.6. The lowest BCUT2D eigenvalue weighted by molar-refractivity contribution is -0.143. The zero-order chi connectivity index (χ0) is 30.0. The van der Waals surface area contributed by atoms with Crippen molar-refractivity contribution in [3.8, 4) is 0 Å². The summed E-state index contributed by atoms with van der Waals surface area (Å²) in [5.41, 5.74) is 12.9. The van der Waals surface area contributed by atoms with E-state index in [-0.39, 0.29) is 31.1 Å². The molecule has 220 valence electrons. The molecule has 2 rings (SSSR count). The first-order chi connectivity index (χ1) is 18.9. The zero-order valence-corrected chi connectivity index (χ0v) is 23.5. The highest BCUT2D eigenvalue weighted by Gasteiger charge is 2.33. The van der Waals surface area contributed by atoms with Gasteiger partial charge in [-0.05, 0) is 29.9 Å². The molecule has 6 unspecified atom stereocenters. The number of nitrogens with two attached hydrogens (primary N) is 2. The standard InChI is InChI=1S/C28H42N6O6/c1-5-15(3)23(30)26(37)33-21(13-17-14-31-19-10-8-7-9-18(17)19)25(36)34-24(16(4)6-2)27(38)32-20(28(39)40)11-12-22(29)35/h7-10,14-16,20-21,23-24,31H,5-6,11-13,30H2,1-4H3,(H2,29,35)(H,32,38)(H,33,37)(H,34,36)(H,39,40). The predicted molar refractivity (Wildman–Crippen MR) is 151 cm³/mol. The number of H-pyrrole nitrogens is 1. The zero-order valence-electron chi connectivity index (χ0n) is 23.5. The Morgan fingerprint density at radius 3 is 2.12 bits per heavy atom. The molecule has 0 fully saturated rings. The second-order valence-corrected chi connectivity index (χ2v) is 10.3. The lowest BCUT2D eigenvalue weighted by Crippen LogP contribution is -2.59. The molecular weight excluding hydrogens is 516 g/mol. The van der Waals surface area contributed by atoms with Crippen LogP contribution in [-0.2, 0) is 30.4 Å². The van der Waals surface area contributed by atoms with E-state index in [0.717, 1.165) is 16.5 Å². The summed E-state index contributed by atoms with van der Waals surface area (Å²) in [6, 6.07) is 3.18. The van der Waals surface area contributed by atoms with Crippen LogP contribution in [0.1, 0.15) is 58.9 Å². The second-order valence-electron chi connectivity index (χ2n) is 10.3. The monoisotopic (exact) mass is 558 g/mol. The Morgan fingerprint density at radius 2 is 1.52 bits per heavy atom. The van der Waals surface area contributed by atoms with Crippen molar-refractivity contribution in [1.29, 1.82) is 0 Å². The van der Waals surface area contributed by atoms with Gasteiger partial charge in [-0.2, -0.15) is 0 Å². The molecule has 1 aromatic heterocycles.